The zero-order valence-corrected chi connectivity index (χ0v) is 22.2. The number of methoxy groups -OCH3 is 1. The highest BCUT2D eigenvalue weighted by molar-refractivity contribution is 6.76. The molecule has 3 aromatic rings. The zero-order chi connectivity index (χ0) is 26.0. The monoisotopic (exact) mass is 518 g/mol. The van der Waals surface area contributed by atoms with Gasteiger partial charge in [0.2, 0.25) is 11.8 Å². The number of alkyl halides is 1. The first-order valence-corrected chi connectivity index (χ1v) is 15.7. The lowest BCUT2D eigenvalue weighted by molar-refractivity contribution is -0.117. The molecule has 2 unspecified atom stereocenters. The number of aromatic nitrogens is 3. The summed E-state index contributed by atoms with van der Waals surface area (Å²) in [7, 11) is 0.106. The predicted octanol–water partition coefficient (Wildman–Crippen LogP) is 5.25. The summed E-state index contributed by atoms with van der Waals surface area (Å²) < 4.78 is 46.9. The second-order valence-corrected chi connectivity index (χ2v) is 15.6. The number of anilines is 1. The van der Waals surface area contributed by atoms with Gasteiger partial charge >= 0.3 is 0 Å². The molecule has 0 spiro atoms. The van der Waals surface area contributed by atoms with E-state index in [1.54, 1.807) is 22.9 Å². The molecule has 11 heteroatoms. The average Bonchev–Trinajstić information content (AvgIpc) is 3.46. The fourth-order valence-corrected chi connectivity index (χ4v) is 4.62. The van der Waals surface area contributed by atoms with Crippen molar-refractivity contribution in [2.24, 2.45) is 5.92 Å². The molecule has 0 aliphatic heterocycles. The van der Waals surface area contributed by atoms with Gasteiger partial charge in [0.25, 0.3) is 0 Å². The fourth-order valence-electron chi connectivity index (χ4n) is 3.87. The molecule has 4 rings (SSSR count). The lowest BCUT2D eigenvalue weighted by atomic mass is 10.1. The second-order valence-electron chi connectivity index (χ2n) is 10.0. The Hall–Kier alpha value is -3.05. The summed E-state index contributed by atoms with van der Waals surface area (Å²) in [6.07, 6.45) is 1.98. The van der Waals surface area contributed by atoms with Gasteiger partial charge in [0, 0.05) is 31.8 Å². The number of carbonyl (C=O) groups is 1. The summed E-state index contributed by atoms with van der Waals surface area (Å²) in [6, 6.07) is 4.40. The van der Waals surface area contributed by atoms with Crippen molar-refractivity contribution in [3.8, 4) is 22.8 Å². The van der Waals surface area contributed by atoms with E-state index in [0.29, 0.717) is 41.2 Å². The Kier molecular flexibility index (Phi) is 7.60. The van der Waals surface area contributed by atoms with Gasteiger partial charge in [0.15, 0.2) is 11.6 Å². The van der Waals surface area contributed by atoms with Gasteiger partial charge in [-0.15, -0.1) is 0 Å². The topological polar surface area (TPSA) is 87.5 Å². The van der Waals surface area contributed by atoms with Crippen LogP contribution in [0.4, 0.5) is 14.6 Å². The van der Waals surface area contributed by atoms with Gasteiger partial charge in [-0.2, -0.15) is 0 Å². The molecule has 0 radical (unpaired) electrons. The lowest BCUT2D eigenvalue weighted by Crippen LogP contribution is -2.22. The van der Waals surface area contributed by atoms with Crippen LogP contribution >= 0.6 is 0 Å². The molecule has 8 nitrogen and oxygen atoms in total. The third-order valence-corrected chi connectivity index (χ3v) is 7.66. The number of hydrogen-bond acceptors (Lipinski definition) is 6. The smallest absolute Gasteiger partial charge is 0.231 e. The van der Waals surface area contributed by atoms with E-state index in [2.05, 4.69) is 34.9 Å². The minimum atomic E-state index is -1.28. The van der Waals surface area contributed by atoms with Crippen molar-refractivity contribution in [3.05, 3.63) is 30.3 Å². The molecule has 3 aromatic heterocycles. The Balaban J connectivity index is 1.76. The van der Waals surface area contributed by atoms with Gasteiger partial charge < -0.3 is 24.1 Å². The molecular formula is C25H32F2N4O4Si. The normalized spacial score (nSPS) is 17.3. The molecule has 1 aliphatic carbocycles. The van der Waals surface area contributed by atoms with Gasteiger partial charge in [-0.05, 0) is 31.5 Å². The third-order valence-electron chi connectivity index (χ3n) is 5.96. The van der Waals surface area contributed by atoms with Gasteiger partial charge in [-0.25, -0.2) is 18.7 Å². The standard InChI is InChI=1S/C25H32F2N4O4Si/c1-6-35-25-21(22(33-2)19(27)12-28-25)17-13-31(14-34-9-10-36(3,4)5)23-15(17)7-8-20(29-23)30-24(32)16-11-18(16)26/h7-8,12-13,16,18H,6,9-11,14H2,1-5H3,(H,29,30,32). The molecule has 1 amide bonds. The molecule has 36 heavy (non-hydrogen) atoms. The first-order valence-electron chi connectivity index (χ1n) is 12.0. The van der Waals surface area contributed by atoms with Crippen LogP contribution in [0, 0.1) is 11.7 Å². The molecule has 0 aromatic carbocycles. The molecule has 0 saturated heterocycles. The molecule has 1 saturated carbocycles. The van der Waals surface area contributed by atoms with Crippen LogP contribution in [0.15, 0.2) is 24.5 Å². The number of hydrogen-bond donors (Lipinski definition) is 1. The van der Waals surface area contributed by atoms with Crippen molar-refractivity contribution in [2.45, 2.75) is 51.9 Å². The van der Waals surface area contributed by atoms with Crippen molar-refractivity contribution in [1.82, 2.24) is 14.5 Å². The van der Waals surface area contributed by atoms with E-state index in [1.807, 2.05) is 6.92 Å². The summed E-state index contributed by atoms with van der Waals surface area (Å²) in [4.78, 5) is 21.0. The summed E-state index contributed by atoms with van der Waals surface area (Å²) in [5.41, 5.74) is 1.47. The van der Waals surface area contributed by atoms with Gasteiger partial charge in [0.1, 0.15) is 24.4 Å². The van der Waals surface area contributed by atoms with Crippen LogP contribution in [0.1, 0.15) is 13.3 Å². The second kappa shape index (κ2) is 10.5. The molecule has 2 atom stereocenters. The molecule has 1 aliphatic rings. The molecule has 3 heterocycles. The maximum Gasteiger partial charge on any atom is 0.231 e. The summed E-state index contributed by atoms with van der Waals surface area (Å²) in [5.74, 6) is -1.11. The molecule has 0 bridgehead atoms. The maximum atomic E-state index is 14.7. The van der Waals surface area contributed by atoms with Crippen molar-refractivity contribution in [3.63, 3.8) is 0 Å². The molecule has 1 N–H and O–H groups in total. The van der Waals surface area contributed by atoms with Crippen LogP contribution in [0.2, 0.25) is 25.7 Å². The van der Waals surface area contributed by atoms with Crippen LogP contribution in [-0.2, 0) is 16.3 Å². The van der Waals surface area contributed by atoms with E-state index in [4.69, 9.17) is 14.2 Å². The SMILES string of the molecule is CCOc1ncc(F)c(OC)c1-c1cn(COCC[Si](C)(C)C)c2nc(NC(=O)C3CC3F)ccc12. The minimum absolute atomic E-state index is 0.00671. The summed E-state index contributed by atoms with van der Waals surface area (Å²) in [6.45, 7) is 9.77. The van der Waals surface area contributed by atoms with Crippen molar-refractivity contribution in [1.29, 1.82) is 0 Å². The number of halogens is 2. The van der Waals surface area contributed by atoms with Crippen molar-refractivity contribution >= 4 is 30.8 Å². The number of fused-ring (bicyclic) bond motifs is 1. The number of amides is 1. The number of nitrogens with zero attached hydrogens (tertiary/aromatic N) is 3. The summed E-state index contributed by atoms with van der Waals surface area (Å²) >= 11 is 0. The Morgan fingerprint density at radius 1 is 1.31 bits per heavy atom. The van der Waals surface area contributed by atoms with E-state index in [-0.39, 0.29) is 24.8 Å². The number of nitrogens with one attached hydrogen (secondary N) is 1. The third kappa shape index (κ3) is 5.67. The highest BCUT2D eigenvalue weighted by Crippen LogP contribution is 2.43. The zero-order valence-electron chi connectivity index (χ0n) is 21.2. The Labute approximate surface area is 210 Å². The van der Waals surface area contributed by atoms with E-state index < -0.39 is 31.9 Å². The first kappa shape index (κ1) is 26.0. The van der Waals surface area contributed by atoms with E-state index in [1.165, 1.54) is 7.11 Å². The Morgan fingerprint density at radius 2 is 2.06 bits per heavy atom. The van der Waals surface area contributed by atoms with Gasteiger partial charge in [-0.1, -0.05) is 19.6 Å². The van der Waals surface area contributed by atoms with Crippen molar-refractivity contribution in [2.75, 3.05) is 25.6 Å². The Bertz CT molecular complexity index is 1260. The van der Waals surface area contributed by atoms with Gasteiger partial charge in [0.05, 0.1) is 31.4 Å². The number of ether oxygens (including phenoxy) is 3. The van der Waals surface area contributed by atoms with E-state index >= 15 is 0 Å². The van der Waals surface area contributed by atoms with E-state index in [9.17, 15) is 13.6 Å². The van der Waals surface area contributed by atoms with E-state index in [0.717, 1.165) is 12.2 Å². The highest BCUT2D eigenvalue weighted by atomic mass is 28.3. The largest absolute Gasteiger partial charge is 0.493 e. The number of pyridine rings is 2. The fraction of sp³-hybridized carbons (Fsp3) is 0.480. The maximum absolute atomic E-state index is 14.7. The van der Waals surface area contributed by atoms with Crippen LogP contribution < -0.4 is 14.8 Å². The lowest BCUT2D eigenvalue weighted by Gasteiger charge is -2.15. The van der Waals surface area contributed by atoms with Crippen LogP contribution in [0.5, 0.6) is 11.6 Å². The predicted molar refractivity (Wildman–Crippen MR) is 136 cm³/mol. The van der Waals surface area contributed by atoms with Crippen LogP contribution in [0.3, 0.4) is 0 Å². The quantitative estimate of drug-likeness (QED) is 0.275. The average molecular weight is 519 g/mol. The van der Waals surface area contributed by atoms with Crippen LogP contribution in [-0.4, -0.2) is 55.0 Å². The molecule has 194 valence electrons. The number of carbonyl (C=O) groups excluding carboxylic acids is 1. The van der Waals surface area contributed by atoms with Crippen LogP contribution in [0.25, 0.3) is 22.2 Å². The highest BCUT2D eigenvalue weighted by Gasteiger charge is 2.43. The first-order chi connectivity index (χ1) is 17.1. The Morgan fingerprint density at radius 3 is 2.69 bits per heavy atom. The molecular weight excluding hydrogens is 486 g/mol. The van der Waals surface area contributed by atoms with Crippen molar-refractivity contribution < 1.29 is 27.8 Å². The molecule has 1 fully saturated rings. The summed E-state index contributed by atoms with van der Waals surface area (Å²) in [5, 5.41) is 3.36. The minimum Gasteiger partial charge on any atom is -0.493 e. The number of rotatable bonds is 11. The van der Waals surface area contributed by atoms with Gasteiger partial charge in [-0.3, -0.25) is 4.79 Å².